The van der Waals surface area contributed by atoms with Crippen LogP contribution < -0.4 is 4.89 Å². The quantitative estimate of drug-likeness (QED) is 0.0462. The smallest absolute Gasteiger partial charge is 0.306 e. The van der Waals surface area contributed by atoms with Crippen LogP contribution in [0.1, 0.15) is 96.8 Å². The maximum absolute atomic E-state index is 12.6. The molecule has 1 aliphatic heterocycles. The Kier molecular flexibility index (Phi) is 21.4. The molecule has 14 heteroatoms. The maximum Gasteiger partial charge on any atom is 0.306 e. The Morgan fingerprint density at radius 2 is 1.39 bits per heavy atom. The van der Waals surface area contributed by atoms with Crippen molar-refractivity contribution in [3.8, 4) is 0 Å². The van der Waals surface area contributed by atoms with Crippen molar-refractivity contribution in [2.75, 3.05) is 54.1 Å². The molecule has 1 aliphatic rings. The molecular weight excluding hydrogens is 597 g/mol. The van der Waals surface area contributed by atoms with Gasteiger partial charge in [0.1, 0.15) is 43.7 Å². The third kappa shape index (κ3) is 19.1. The van der Waals surface area contributed by atoms with Crippen molar-refractivity contribution in [2.24, 2.45) is 0 Å². The van der Waals surface area contributed by atoms with Crippen molar-refractivity contribution in [3.05, 3.63) is 0 Å². The fourth-order valence-corrected chi connectivity index (χ4v) is 5.42. The molecule has 1 rings (SSSR count). The van der Waals surface area contributed by atoms with E-state index in [1.807, 2.05) is 21.1 Å². The second kappa shape index (κ2) is 22.8. The number of carbonyl (C=O) groups is 1. The summed E-state index contributed by atoms with van der Waals surface area (Å²) in [5.41, 5.74) is 0. The summed E-state index contributed by atoms with van der Waals surface area (Å²) in [5, 5.41) is 39.6. The molecule has 0 saturated carbocycles. The molecule has 0 aromatic carbocycles. The molecule has 0 aromatic heterocycles. The number of phosphoric acid groups is 1. The van der Waals surface area contributed by atoms with Crippen LogP contribution >= 0.6 is 7.82 Å². The van der Waals surface area contributed by atoms with Crippen LogP contribution in [0.4, 0.5) is 0 Å². The Labute approximate surface area is 264 Å². The molecule has 13 nitrogen and oxygen atoms in total. The largest absolute Gasteiger partial charge is 0.756 e. The maximum atomic E-state index is 12.6. The highest BCUT2D eigenvalue weighted by molar-refractivity contribution is 7.45. The molecule has 1 heterocycles. The van der Waals surface area contributed by atoms with Crippen molar-refractivity contribution in [1.82, 2.24) is 0 Å². The zero-order chi connectivity index (χ0) is 33.0. The SMILES string of the molecule is CCCCCCCCCCCCCCCC(=O)OC(CO[C@@H]1O[C@H](CO)[C@@H](O)[C@H](O)[C@H]1O)COP(=O)([O-])OCC[N+](C)(C)C. The number of aliphatic hydroxyl groups excluding tert-OH is 4. The first-order chi connectivity index (χ1) is 20.8. The van der Waals surface area contributed by atoms with Crippen molar-refractivity contribution >= 4 is 13.8 Å². The molecular formula is C30H60NO12P. The number of unbranched alkanes of at least 4 members (excludes halogenated alkanes) is 12. The molecule has 0 aliphatic carbocycles. The first kappa shape index (κ1) is 41.3. The number of nitrogens with zero attached hydrogens (tertiary/aromatic N) is 1. The summed E-state index contributed by atoms with van der Waals surface area (Å²) < 4.78 is 38.8. The number of aliphatic hydroxyl groups is 4. The van der Waals surface area contributed by atoms with E-state index >= 15 is 0 Å². The van der Waals surface area contributed by atoms with E-state index in [0.717, 1.165) is 19.3 Å². The lowest BCUT2D eigenvalue weighted by atomic mass is 9.99. The molecule has 0 aromatic rings. The highest BCUT2D eigenvalue weighted by atomic mass is 31.2. The normalized spacial score (nSPS) is 24.6. The van der Waals surface area contributed by atoms with Gasteiger partial charge in [-0.15, -0.1) is 0 Å². The van der Waals surface area contributed by atoms with Gasteiger partial charge in [-0.3, -0.25) is 9.36 Å². The topological polar surface area (TPSA) is 184 Å². The molecule has 1 fully saturated rings. The van der Waals surface area contributed by atoms with E-state index in [1.165, 1.54) is 57.8 Å². The number of esters is 1. The third-order valence-corrected chi connectivity index (χ3v) is 8.47. The van der Waals surface area contributed by atoms with Gasteiger partial charge in [0.25, 0.3) is 7.82 Å². The van der Waals surface area contributed by atoms with Crippen molar-refractivity contribution in [1.29, 1.82) is 0 Å². The number of quaternary nitrogens is 1. The van der Waals surface area contributed by atoms with Crippen LogP contribution in [-0.4, -0.2) is 122 Å². The number of hydrogen-bond donors (Lipinski definition) is 4. The number of hydrogen-bond acceptors (Lipinski definition) is 12. The summed E-state index contributed by atoms with van der Waals surface area (Å²) in [6, 6.07) is 0. The lowest BCUT2D eigenvalue weighted by Crippen LogP contribution is -2.59. The summed E-state index contributed by atoms with van der Waals surface area (Å²) >= 11 is 0. The van der Waals surface area contributed by atoms with Crippen LogP contribution in [0.25, 0.3) is 0 Å². The zero-order valence-electron chi connectivity index (χ0n) is 27.3. The zero-order valence-corrected chi connectivity index (χ0v) is 28.2. The van der Waals surface area contributed by atoms with E-state index in [-0.39, 0.29) is 13.0 Å². The standard InChI is InChI=1S/C30H60NO12P/c1-5-6-7-8-9-10-11-12-13-14-15-16-17-18-26(33)42-24(23-41-44(37,38)40-20-19-31(2,3)4)22-39-30-29(36)28(35)27(34)25(21-32)43-30/h24-25,27-30,32,34-36H,5-23H2,1-4H3/t24?,25-,27-,28+,29-,30-/m1/s1. The van der Waals surface area contributed by atoms with Crippen LogP contribution in [0.15, 0.2) is 0 Å². The van der Waals surface area contributed by atoms with Gasteiger partial charge in [-0.1, -0.05) is 84.0 Å². The summed E-state index contributed by atoms with van der Waals surface area (Å²) in [6.07, 6.45) is 6.52. The lowest BCUT2D eigenvalue weighted by molar-refractivity contribution is -0.870. The predicted octanol–water partition coefficient (Wildman–Crippen LogP) is 2.40. The van der Waals surface area contributed by atoms with Crippen LogP contribution in [0, 0.1) is 0 Å². The number of likely N-dealkylation sites (N-methyl/N-ethyl adjacent to an activating group) is 1. The van der Waals surface area contributed by atoms with Crippen LogP contribution in [0.5, 0.6) is 0 Å². The number of rotatable bonds is 26. The third-order valence-electron chi connectivity index (χ3n) is 7.51. The molecule has 0 bridgehead atoms. The molecule has 1 saturated heterocycles. The van der Waals surface area contributed by atoms with Crippen LogP contribution in [-0.2, 0) is 32.6 Å². The number of carbonyl (C=O) groups excluding carboxylic acids is 1. The monoisotopic (exact) mass is 657 g/mol. The average molecular weight is 658 g/mol. The second-order valence-electron chi connectivity index (χ2n) is 12.7. The Balaban J connectivity index is 2.50. The fraction of sp³-hybridized carbons (Fsp3) is 0.967. The Hall–Kier alpha value is -0.700. The van der Waals surface area contributed by atoms with Crippen molar-refractivity contribution in [2.45, 2.75) is 134 Å². The minimum absolute atomic E-state index is 0.102. The van der Waals surface area contributed by atoms with Gasteiger partial charge in [0.15, 0.2) is 6.29 Å². The summed E-state index contributed by atoms with van der Waals surface area (Å²) in [7, 11) is 0.913. The second-order valence-corrected chi connectivity index (χ2v) is 14.1. The van der Waals surface area contributed by atoms with Gasteiger partial charge in [-0.2, -0.15) is 0 Å². The first-order valence-electron chi connectivity index (χ1n) is 16.3. The van der Waals surface area contributed by atoms with E-state index in [2.05, 4.69) is 6.92 Å². The van der Waals surface area contributed by atoms with Gasteiger partial charge >= 0.3 is 5.97 Å². The lowest BCUT2D eigenvalue weighted by Gasteiger charge is -2.40. The van der Waals surface area contributed by atoms with Gasteiger partial charge in [0.05, 0.1) is 41.0 Å². The molecule has 4 N–H and O–H groups in total. The number of phosphoric ester groups is 1. The van der Waals surface area contributed by atoms with Gasteiger partial charge in [0, 0.05) is 6.42 Å². The van der Waals surface area contributed by atoms with E-state index in [9.17, 15) is 34.7 Å². The number of ether oxygens (including phenoxy) is 3. The van der Waals surface area contributed by atoms with Gasteiger partial charge < -0.3 is 53.1 Å². The van der Waals surface area contributed by atoms with E-state index in [0.29, 0.717) is 17.4 Å². The molecule has 7 atom stereocenters. The molecule has 0 spiro atoms. The summed E-state index contributed by atoms with van der Waals surface area (Å²) in [5.74, 6) is -0.564. The van der Waals surface area contributed by atoms with Gasteiger partial charge in [-0.25, -0.2) is 0 Å². The van der Waals surface area contributed by atoms with Crippen LogP contribution in [0.2, 0.25) is 0 Å². The van der Waals surface area contributed by atoms with Crippen LogP contribution in [0.3, 0.4) is 0 Å². The highest BCUT2D eigenvalue weighted by Crippen LogP contribution is 2.38. The summed E-state index contributed by atoms with van der Waals surface area (Å²) in [4.78, 5) is 24.8. The molecule has 2 unspecified atom stereocenters. The Morgan fingerprint density at radius 3 is 1.91 bits per heavy atom. The minimum Gasteiger partial charge on any atom is -0.756 e. The van der Waals surface area contributed by atoms with E-state index in [4.69, 9.17) is 23.3 Å². The fourth-order valence-electron chi connectivity index (χ4n) is 4.69. The minimum atomic E-state index is -4.72. The first-order valence-corrected chi connectivity index (χ1v) is 17.8. The summed E-state index contributed by atoms with van der Waals surface area (Å²) in [6.45, 7) is 0.833. The Morgan fingerprint density at radius 1 is 0.841 bits per heavy atom. The van der Waals surface area contributed by atoms with Crippen molar-refractivity contribution < 1.29 is 62.4 Å². The molecule has 0 radical (unpaired) electrons. The Bertz CT molecular complexity index is 796. The van der Waals surface area contributed by atoms with Gasteiger partial charge in [-0.05, 0) is 6.42 Å². The molecule has 0 amide bonds. The van der Waals surface area contributed by atoms with Crippen molar-refractivity contribution in [3.63, 3.8) is 0 Å². The highest BCUT2D eigenvalue weighted by Gasteiger charge is 2.44. The average Bonchev–Trinajstić information content (AvgIpc) is 2.95. The molecule has 262 valence electrons. The van der Waals surface area contributed by atoms with E-state index < -0.39 is 70.4 Å². The van der Waals surface area contributed by atoms with E-state index in [1.54, 1.807) is 0 Å². The predicted molar refractivity (Wildman–Crippen MR) is 162 cm³/mol. The van der Waals surface area contributed by atoms with Gasteiger partial charge in [0.2, 0.25) is 0 Å². The molecule has 44 heavy (non-hydrogen) atoms.